The molecule has 1 saturated heterocycles. The van der Waals surface area contributed by atoms with E-state index in [0.717, 1.165) is 0 Å². The van der Waals surface area contributed by atoms with Gasteiger partial charge < -0.3 is 4.74 Å². The largest absolute Gasteiger partial charge is 0.454 e. The summed E-state index contributed by atoms with van der Waals surface area (Å²) in [6, 6.07) is 16.2. The van der Waals surface area contributed by atoms with Gasteiger partial charge in [0.05, 0.1) is 39.3 Å². The lowest BCUT2D eigenvalue weighted by molar-refractivity contribution is -0.122. The second-order valence-corrected chi connectivity index (χ2v) is 11.7. The predicted molar refractivity (Wildman–Crippen MR) is 166 cm³/mol. The molecule has 0 bridgehead atoms. The fourth-order valence-corrected chi connectivity index (χ4v) is 6.23. The molecule has 2 aliphatic rings. The summed E-state index contributed by atoms with van der Waals surface area (Å²) in [5.74, 6) is -2.26. The zero-order chi connectivity index (χ0) is 30.4. The van der Waals surface area contributed by atoms with Gasteiger partial charge in [0.25, 0.3) is 0 Å². The number of fused-ring (bicyclic) bond motifs is 2. The Balaban J connectivity index is 1.31. The average molecular weight is 634 g/mol. The molecule has 2 atom stereocenters. The van der Waals surface area contributed by atoms with Crippen LogP contribution in [0, 0.1) is 18.8 Å². The molecule has 43 heavy (non-hydrogen) atoms. The Morgan fingerprint density at radius 3 is 2.19 bits per heavy atom. The molecule has 1 fully saturated rings. The number of anilines is 1. The summed E-state index contributed by atoms with van der Waals surface area (Å²) in [6.07, 6.45) is 5.02. The van der Waals surface area contributed by atoms with Gasteiger partial charge in [0, 0.05) is 26.6 Å². The number of halogens is 3. The lowest BCUT2D eigenvalue weighted by Gasteiger charge is -2.16. The van der Waals surface area contributed by atoms with Crippen molar-refractivity contribution in [1.82, 2.24) is 4.98 Å². The number of rotatable bonds is 6. The van der Waals surface area contributed by atoms with Crippen LogP contribution in [0.5, 0.6) is 0 Å². The van der Waals surface area contributed by atoms with Gasteiger partial charge in [-0.2, -0.15) is 0 Å². The third-order valence-electron chi connectivity index (χ3n) is 7.88. The number of ketones is 1. The third-order valence-corrected chi connectivity index (χ3v) is 8.84. The van der Waals surface area contributed by atoms with Crippen molar-refractivity contribution < 1.29 is 23.9 Å². The van der Waals surface area contributed by atoms with E-state index >= 15 is 0 Å². The Bertz CT molecular complexity index is 1840. The molecular formula is C33H23Cl3N2O5. The number of pyridine rings is 1. The van der Waals surface area contributed by atoms with Gasteiger partial charge in [-0.05, 0) is 67.8 Å². The average Bonchev–Trinajstić information content (AvgIpc) is 3.26. The predicted octanol–water partition coefficient (Wildman–Crippen LogP) is 7.67. The van der Waals surface area contributed by atoms with E-state index in [1.807, 2.05) is 12.2 Å². The van der Waals surface area contributed by atoms with Crippen molar-refractivity contribution in [2.24, 2.45) is 11.8 Å². The normalized spacial score (nSPS) is 17.8. The number of nitrogens with zero attached hydrogens (tertiary/aromatic N) is 2. The number of amides is 2. The van der Waals surface area contributed by atoms with Crippen molar-refractivity contribution in [3.05, 3.63) is 105 Å². The van der Waals surface area contributed by atoms with Crippen molar-refractivity contribution in [1.29, 1.82) is 0 Å². The van der Waals surface area contributed by atoms with Crippen LogP contribution in [0.3, 0.4) is 0 Å². The topological polar surface area (TPSA) is 93.6 Å². The monoisotopic (exact) mass is 632 g/mol. The summed E-state index contributed by atoms with van der Waals surface area (Å²) >= 11 is 18.5. The van der Waals surface area contributed by atoms with Crippen LogP contribution in [0.2, 0.25) is 15.1 Å². The van der Waals surface area contributed by atoms with Crippen LogP contribution < -0.4 is 4.90 Å². The highest BCUT2D eigenvalue weighted by molar-refractivity contribution is 6.37. The summed E-state index contributed by atoms with van der Waals surface area (Å²) in [5, 5.41) is 1.52. The standard InChI is InChI=1S/C33H23Cl3N2O5/c1-17-26(35)13-12-21-25(33(42)43-16-29(39)24-11-8-19(34)14-27(24)36)15-28(37-30(17)21)18-6-9-20(10-7-18)38-31(40)22-4-2-3-5-23(22)32(38)41/h2-3,6-15,22-23H,4-5,16H2,1H3. The van der Waals surface area contributed by atoms with E-state index in [-0.39, 0.29) is 39.8 Å². The number of ether oxygens (including phenoxy) is 1. The number of hydrogen-bond donors (Lipinski definition) is 0. The number of carbonyl (C=O) groups is 4. The van der Waals surface area contributed by atoms with Gasteiger partial charge in [0.15, 0.2) is 6.61 Å². The van der Waals surface area contributed by atoms with E-state index in [9.17, 15) is 19.2 Å². The molecular weight excluding hydrogens is 611 g/mol. The van der Waals surface area contributed by atoms with Crippen molar-refractivity contribution >= 4 is 75.0 Å². The highest BCUT2D eigenvalue weighted by Gasteiger charge is 2.47. The van der Waals surface area contributed by atoms with Gasteiger partial charge in [0.1, 0.15) is 0 Å². The molecule has 3 aromatic carbocycles. The number of carbonyl (C=O) groups excluding carboxylic acids is 4. The van der Waals surface area contributed by atoms with Crippen LogP contribution in [0.25, 0.3) is 22.2 Å². The maximum Gasteiger partial charge on any atom is 0.339 e. The smallest absolute Gasteiger partial charge is 0.339 e. The molecule has 2 amide bonds. The maximum absolute atomic E-state index is 13.4. The summed E-state index contributed by atoms with van der Waals surface area (Å²) in [6.45, 7) is 1.26. The fraction of sp³-hybridized carbons (Fsp3) is 0.182. The van der Waals surface area contributed by atoms with E-state index in [2.05, 4.69) is 0 Å². The van der Waals surface area contributed by atoms with Crippen molar-refractivity contribution in [3.8, 4) is 11.3 Å². The number of Topliss-reactive ketones (excluding diaryl/α,β-unsaturated/α-hetero) is 1. The first kappa shape index (κ1) is 29.1. The van der Waals surface area contributed by atoms with Crippen molar-refractivity contribution in [3.63, 3.8) is 0 Å². The molecule has 1 aliphatic heterocycles. The Labute approximate surface area is 262 Å². The molecule has 1 aliphatic carbocycles. The van der Waals surface area contributed by atoms with E-state index < -0.39 is 18.4 Å². The molecule has 0 radical (unpaired) electrons. The second-order valence-electron chi connectivity index (χ2n) is 10.5. The summed E-state index contributed by atoms with van der Waals surface area (Å²) < 4.78 is 5.43. The van der Waals surface area contributed by atoms with E-state index in [1.165, 1.54) is 23.1 Å². The first-order valence-electron chi connectivity index (χ1n) is 13.5. The molecule has 216 valence electrons. The van der Waals surface area contributed by atoms with Crippen molar-refractivity contribution in [2.75, 3.05) is 11.5 Å². The number of esters is 1. The van der Waals surface area contributed by atoms with E-state index in [1.54, 1.807) is 49.4 Å². The maximum atomic E-state index is 13.4. The quantitative estimate of drug-likeness (QED) is 0.0937. The molecule has 2 heterocycles. The zero-order valence-corrected chi connectivity index (χ0v) is 25.0. The minimum absolute atomic E-state index is 0.159. The molecule has 7 nitrogen and oxygen atoms in total. The van der Waals surface area contributed by atoms with Crippen LogP contribution in [-0.4, -0.2) is 35.2 Å². The molecule has 10 heteroatoms. The van der Waals surface area contributed by atoms with Crippen LogP contribution in [-0.2, 0) is 14.3 Å². The van der Waals surface area contributed by atoms with Gasteiger partial charge in [0.2, 0.25) is 17.6 Å². The molecule has 6 rings (SSSR count). The Hall–Kier alpha value is -4.04. The van der Waals surface area contributed by atoms with E-state index in [4.69, 9.17) is 44.5 Å². The minimum atomic E-state index is -0.727. The highest BCUT2D eigenvalue weighted by Crippen LogP contribution is 2.38. The first-order chi connectivity index (χ1) is 20.6. The fourth-order valence-electron chi connectivity index (χ4n) is 5.56. The van der Waals surface area contributed by atoms with Gasteiger partial charge >= 0.3 is 5.97 Å². The van der Waals surface area contributed by atoms with Crippen molar-refractivity contribution in [2.45, 2.75) is 19.8 Å². The van der Waals surface area contributed by atoms with Crippen LogP contribution >= 0.6 is 34.8 Å². The Kier molecular flexibility index (Phi) is 7.81. The molecule has 0 N–H and O–H groups in total. The summed E-state index contributed by atoms with van der Waals surface area (Å²) in [7, 11) is 0. The number of imide groups is 1. The molecule has 1 aromatic heterocycles. The molecule has 0 spiro atoms. The summed E-state index contributed by atoms with van der Waals surface area (Å²) in [4.78, 5) is 58.2. The first-order valence-corrected chi connectivity index (χ1v) is 14.7. The summed E-state index contributed by atoms with van der Waals surface area (Å²) in [5.41, 5.74) is 3.11. The number of aryl methyl sites for hydroxylation is 1. The second kappa shape index (κ2) is 11.6. The SMILES string of the molecule is Cc1c(Cl)ccc2c(C(=O)OCC(=O)c3ccc(Cl)cc3Cl)cc(-c3ccc(N4C(=O)C5CC=CCC5C4=O)cc3)nc12. The van der Waals surface area contributed by atoms with Gasteiger partial charge in [-0.3, -0.25) is 19.3 Å². The lowest BCUT2D eigenvalue weighted by Crippen LogP contribution is -2.30. The number of benzene rings is 3. The minimum Gasteiger partial charge on any atom is -0.454 e. The van der Waals surface area contributed by atoms with E-state index in [0.29, 0.717) is 56.3 Å². The van der Waals surface area contributed by atoms with Gasteiger partial charge in [-0.15, -0.1) is 0 Å². The lowest BCUT2D eigenvalue weighted by atomic mass is 9.85. The number of aromatic nitrogens is 1. The van der Waals surface area contributed by atoms with Gasteiger partial charge in [-0.1, -0.05) is 65.2 Å². The van der Waals surface area contributed by atoms with Gasteiger partial charge in [-0.25, -0.2) is 9.78 Å². The van der Waals surface area contributed by atoms with Crippen LogP contribution in [0.4, 0.5) is 5.69 Å². The third kappa shape index (κ3) is 5.33. The zero-order valence-electron chi connectivity index (χ0n) is 22.8. The van der Waals surface area contributed by atoms with Crippen LogP contribution in [0.15, 0.2) is 72.8 Å². The highest BCUT2D eigenvalue weighted by atomic mass is 35.5. The Morgan fingerprint density at radius 1 is 0.860 bits per heavy atom. The molecule has 2 unspecified atom stereocenters. The molecule has 0 saturated carbocycles. The van der Waals surface area contributed by atoms with Crippen LogP contribution in [0.1, 0.15) is 39.1 Å². The Morgan fingerprint density at radius 2 is 1.53 bits per heavy atom. The molecule has 4 aromatic rings. The number of hydrogen-bond acceptors (Lipinski definition) is 6. The number of allylic oxidation sites excluding steroid dienone is 2.